The molecule has 0 aromatic rings. The minimum absolute atomic E-state index is 0.337. The van der Waals surface area contributed by atoms with Crippen molar-refractivity contribution < 1.29 is 9.47 Å². The third-order valence-corrected chi connectivity index (χ3v) is 4.55. The van der Waals surface area contributed by atoms with Gasteiger partial charge in [-0.05, 0) is 51.0 Å². The lowest BCUT2D eigenvalue weighted by Gasteiger charge is -2.34. The van der Waals surface area contributed by atoms with E-state index in [4.69, 9.17) is 9.47 Å². The van der Waals surface area contributed by atoms with E-state index in [0.29, 0.717) is 11.5 Å². The Balaban J connectivity index is 1.87. The van der Waals surface area contributed by atoms with Crippen LogP contribution in [0.1, 0.15) is 52.4 Å². The topological polar surface area (TPSA) is 30.5 Å². The Morgan fingerprint density at radius 3 is 2.74 bits per heavy atom. The molecule has 2 fully saturated rings. The van der Waals surface area contributed by atoms with Gasteiger partial charge in [-0.15, -0.1) is 0 Å². The summed E-state index contributed by atoms with van der Waals surface area (Å²) in [5, 5.41) is 3.64. The standard InChI is InChI=1S/C16H31NO2/c1-3-9-17-13-16(7-11-18-10-4-2)8-12-19-15(16)14-5-6-14/h14-15,17H,3-13H2,1-2H3. The zero-order chi connectivity index (χ0) is 13.6. The van der Waals surface area contributed by atoms with Crippen molar-refractivity contribution in [2.24, 2.45) is 11.3 Å². The van der Waals surface area contributed by atoms with E-state index in [1.165, 1.54) is 25.7 Å². The van der Waals surface area contributed by atoms with Gasteiger partial charge in [0, 0.05) is 31.8 Å². The van der Waals surface area contributed by atoms with Crippen molar-refractivity contribution in [2.75, 3.05) is 32.9 Å². The molecular weight excluding hydrogens is 238 g/mol. The highest BCUT2D eigenvalue weighted by molar-refractivity contribution is 5.00. The van der Waals surface area contributed by atoms with Crippen LogP contribution in [-0.2, 0) is 9.47 Å². The third kappa shape index (κ3) is 4.17. The fourth-order valence-electron chi connectivity index (χ4n) is 3.32. The van der Waals surface area contributed by atoms with Crippen LogP contribution in [-0.4, -0.2) is 39.0 Å². The lowest BCUT2D eigenvalue weighted by Crippen LogP contribution is -2.43. The van der Waals surface area contributed by atoms with Crippen LogP contribution >= 0.6 is 0 Å². The molecule has 1 aliphatic carbocycles. The fourth-order valence-corrected chi connectivity index (χ4v) is 3.32. The first-order chi connectivity index (χ1) is 9.32. The van der Waals surface area contributed by atoms with Gasteiger partial charge in [0.05, 0.1) is 6.10 Å². The van der Waals surface area contributed by atoms with Crippen LogP contribution in [0.25, 0.3) is 0 Å². The predicted molar refractivity (Wildman–Crippen MR) is 78.4 cm³/mol. The second kappa shape index (κ2) is 7.61. The number of rotatable bonds is 10. The molecule has 3 nitrogen and oxygen atoms in total. The van der Waals surface area contributed by atoms with Crippen LogP contribution < -0.4 is 5.32 Å². The molecule has 0 radical (unpaired) electrons. The summed E-state index contributed by atoms with van der Waals surface area (Å²) in [5.41, 5.74) is 0.337. The summed E-state index contributed by atoms with van der Waals surface area (Å²) in [6.07, 6.45) is 7.92. The van der Waals surface area contributed by atoms with Crippen LogP contribution in [0, 0.1) is 11.3 Å². The molecule has 2 rings (SSSR count). The van der Waals surface area contributed by atoms with Crippen LogP contribution in [0.5, 0.6) is 0 Å². The molecule has 2 unspecified atom stereocenters. The van der Waals surface area contributed by atoms with E-state index in [9.17, 15) is 0 Å². The summed E-state index contributed by atoms with van der Waals surface area (Å²) in [5.74, 6) is 0.831. The maximum atomic E-state index is 6.09. The summed E-state index contributed by atoms with van der Waals surface area (Å²) in [6, 6.07) is 0. The molecule has 19 heavy (non-hydrogen) atoms. The highest BCUT2D eigenvalue weighted by atomic mass is 16.5. The molecule has 0 aromatic heterocycles. The van der Waals surface area contributed by atoms with Crippen molar-refractivity contribution in [1.82, 2.24) is 5.32 Å². The highest BCUT2D eigenvalue weighted by Crippen LogP contribution is 2.49. The molecule has 0 aromatic carbocycles. The molecule has 0 spiro atoms. The average Bonchev–Trinajstić information content (AvgIpc) is 3.18. The minimum Gasteiger partial charge on any atom is -0.381 e. The second-order valence-corrected chi connectivity index (χ2v) is 6.28. The maximum absolute atomic E-state index is 6.09. The summed E-state index contributed by atoms with van der Waals surface area (Å²) in [7, 11) is 0. The molecule has 3 heteroatoms. The molecule has 1 saturated heterocycles. The van der Waals surface area contributed by atoms with Gasteiger partial charge in [0.25, 0.3) is 0 Å². The first-order valence-corrected chi connectivity index (χ1v) is 8.22. The molecular formula is C16H31NO2. The summed E-state index contributed by atoms with van der Waals surface area (Å²) >= 11 is 0. The number of hydrogen-bond acceptors (Lipinski definition) is 3. The van der Waals surface area contributed by atoms with Crippen molar-refractivity contribution in [3.05, 3.63) is 0 Å². The average molecular weight is 269 g/mol. The minimum atomic E-state index is 0.337. The second-order valence-electron chi connectivity index (χ2n) is 6.28. The van der Waals surface area contributed by atoms with E-state index in [-0.39, 0.29) is 0 Å². The van der Waals surface area contributed by atoms with Crippen molar-refractivity contribution in [3.63, 3.8) is 0 Å². The van der Waals surface area contributed by atoms with Crippen molar-refractivity contribution >= 4 is 0 Å². The van der Waals surface area contributed by atoms with Gasteiger partial charge in [-0.3, -0.25) is 0 Å². The summed E-state index contributed by atoms with van der Waals surface area (Å²) in [4.78, 5) is 0. The molecule has 112 valence electrons. The highest BCUT2D eigenvalue weighted by Gasteiger charge is 2.50. The van der Waals surface area contributed by atoms with E-state index in [2.05, 4.69) is 19.2 Å². The quantitative estimate of drug-likeness (QED) is 0.618. The monoisotopic (exact) mass is 269 g/mol. The Kier molecular flexibility index (Phi) is 6.11. The van der Waals surface area contributed by atoms with Gasteiger partial charge >= 0.3 is 0 Å². The van der Waals surface area contributed by atoms with Gasteiger partial charge in [-0.1, -0.05) is 13.8 Å². The normalized spacial score (nSPS) is 30.9. The molecule has 1 heterocycles. The third-order valence-electron chi connectivity index (χ3n) is 4.55. The van der Waals surface area contributed by atoms with Gasteiger partial charge < -0.3 is 14.8 Å². The largest absolute Gasteiger partial charge is 0.381 e. The Bertz CT molecular complexity index is 255. The molecule has 2 atom stereocenters. The Morgan fingerprint density at radius 1 is 1.21 bits per heavy atom. The first-order valence-electron chi connectivity index (χ1n) is 8.22. The van der Waals surface area contributed by atoms with E-state index >= 15 is 0 Å². The lowest BCUT2D eigenvalue weighted by molar-refractivity contribution is 0.00875. The zero-order valence-corrected chi connectivity index (χ0v) is 12.7. The van der Waals surface area contributed by atoms with E-state index < -0.39 is 0 Å². The van der Waals surface area contributed by atoms with Crippen molar-refractivity contribution in [1.29, 1.82) is 0 Å². The number of hydrogen-bond donors (Lipinski definition) is 1. The smallest absolute Gasteiger partial charge is 0.0673 e. The van der Waals surface area contributed by atoms with Crippen LogP contribution in [0.2, 0.25) is 0 Å². The van der Waals surface area contributed by atoms with Gasteiger partial charge in [-0.2, -0.15) is 0 Å². The number of nitrogens with one attached hydrogen (secondary N) is 1. The van der Waals surface area contributed by atoms with Gasteiger partial charge in [0.1, 0.15) is 0 Å². The Morgan fingerprint density at radius 2 is 2.05 bits per heavy atom. The Labute approximate surface area is 118 Å². The predicted octanol–water partition coefficient (Wildman–Crippen LogP) is 2.99. The molecule has 1 saturated carbocycles. The van der Waals surface area contributed by atoms with Crippen LogP contribution in [0.15, 0.2) is 0 Å². The molecule has 2 aliphatic rings. The molecule has 0 amide bonds. The van der Waals surface area contributed by atoms with Crippen molar-refractivity contribution in [3.8, 4) is 0 Å². The molecule has 0 bridgehead atoms. The van der Waals surface area contributed by atoms with E-state index in [1.54, 1.807) is 0 Å². The fraction of sp³-hybridized carbons (Fsp3) is 1.00. The molecule has 1 N–H and O–H groups in total. The van der Waals surface area contributed by atoms with Crippen molar-refractivity contribution in [2.45, 2.75) is 58.5 Å². The summed E-state index contributed by atoms with van der Waals surface area (Å²) in [6.45, 7) is 9.37. The first kappa shape index (κ1) is 15.3. The van der Waals surface area contributed by atoms with Crippen LogP contribution in [0.4, 0.5) is 0 Å². The van der Waals surface area contributed by atoms with Gasteiger partial charge in [0.2, 0.25) is 0 Å². The number of ether oxygens (including phenoxy) is 2. The SMILES string of the molecule is CCCNCC1(CCOCCC)CCOC1C1CC1. The van der Waals surface area contributed by atoms with Gasteiger partial charge in [0.15, 0.2) is 0 Å². The van der Waals surface area contributed by atoms with Gasteiger partial charge in [-0.25, -0.2) is 0 Å². The van der Waals surface area contributed by atoms with Crippen LogP contribution in [0.3, 0.4) is 0 Å². The Hall–Kier alpha value is -0.120. The zero-order valence-electron chi connectivity index (χ0n) is 12.7. The lowest BCUT2D eigenvalue weighted by atomic mass is 9.76. The van der Waals surface area contributed by atoms with E-state index in [0.717, 1.165) is 51.7 Å². The maximum Gasteiger partial charge on any atom is 0.0673 e. The summed E-state index contributed by atoms with van der Waals surface area (Å²) < 4.78 is 11.8. The molecule has 1 aliphatic heterocycles. The van der Waals surface area contributed by atoms with E-state index in [1.807, 2.05) is 0 Å².